The predicted octanol–water partition coefficient (Wildman–Crippen LogP) is 4.64. The molecule has 0 saturated carbocycles. The molecule has 1 N–H and O–H groups in total. The molecule has 1 amide bonds. The van der Waals surface area contributed by atoms with E-state index in [1.54, 1.807) is 6.07 Å². The van der Waals surface area contributed by atoms with Crippen LogP contribution in [0.25, 0.3) is 0 Å². The Hall–Kier alpha value is -3.35. The summed E-state index contributed by atoms with van der Waals surface area (Å²) in [6.45, 7) is 4.05. The number of para-hydroxylation sites is 1. The lowest BCUT2D eigenvalue weighted by Gasteiger charge is -2.31. The van der Waals surface area contributed by atoms with E-state index in [0.29, 0.717) is 29.2 Å². The molecule has 0 unspecified atom stereocenters. The van der Waals surface area contributed by atoms with Crippen molar-refractivity contribution < 1.29 is 17.9 Å². The van der Waals surface area contributed by atoms with Gasteiger partial charge in [-0.25, -0.2) is 8.42 Å². The molecule has 2 heterocycles. The zero-order valence-electron chi connectivity index (χ0n) is 18.5. The summed E-state index contributed by atoms with van der Waals surface area (Å²) in [5, 5.41) is 12.6. The van der Waals surface area contributed by atoms with Crippen LogP contribution in [-0.4, -0.2) is 28.0 Å². The van der Waals surface area contributed by atoms with Crippen LogP contribution >= 0.6 is 11.3 Å². The van der Waals surface area contributed by atoms with Gasteiger partial charge in [0.1, 0.15) is 21.7 Å². The molecular formula is C24H23N3O4S2. The number of thiophene rings is 1. The van der Waals surface area contributed by atoms with Gasteiger partial charge in [-0.2, -0.15) is 5.26 Å². The van der Waals surface area contributed by atoms with Crippen molar-refractivity contribution in [3.8, 4) is 11.8 Å². The van der Waals surface area contributed by atoms with Crippen LogP contribution in [-0.2, 0) is 16.4 Å². The van der Waals surface area contributed by atoms with E-state index in [2.05, 4.69) is 11.4 Å². The number of fused-ring (bicyclic) bond motifs is 1. The molecule has 0 aliphatic carbocycles. The summed E-state index contributed by atoms with van der Waals surface area (Å²) in [6.07, 6.45) is 1.51. The topological polar surface area (TPSA) is 99.5 Å². The molecule has 3 aromatic rings. The first kappa shape index (κ1) is 22.8. The van der Waals surface area contributed by atoms with Gasteiger partial charge in [-0.1, -0.05) is 18.2 Å². The molecular weight excluding hydrogens is 458 g/mol. The number of nitrogens with one attached hydrogen (secondary N) is 1. The molecule has 0 saturated heterocycles. The Bertz CT molecular complexity index is 1390. The Labute approximate surface area is 197 Å². The number of methoxy groups -OCH3 is 1. The van der Waals surface area contributed by atoms with Crippen LogP contribution in [0.5, 0.6) is 5.75 Å². The number of carbonyl (C=O) groups excluding carboxylic acids is 1. The Morgan fingerprint density at radius 2 is 1.97 bits per heavy atom. The third kappa shape index (κ3) is 4.08. The van der Waals surface area contributed by atoms with Gasteiger partial charge in [-0.15, -0.1) is 11.3 Å². The maximum Gasteiger partial charge on any atom is 0.268 e. The van der Waals surface area contributed by atoms with E-state index >= 15 is 0 Å². The fourth-order valence-electron chi connectivity index (χ4n) is 3.91. The number of benzene rings is 2. The molecule has 9 heteroatoms. The first-order chi connectivity index (χ1) is 15.8. The smallest absolute Gasteiger partial charge is 0.268 e. The fourth-order valence-corrected chi connectivity index (χ4v) is 6.64. The molecule has 7 nitrogen and oxygen atoms in total. The largest absolute Gasteiger partial charge is 0.495 e. The summed E-state index contributed by atoms with van der Waals surface area (Å²) in [5.74, 6) is -0.332. The number of sulfonamides is 1. The number of hydrogen-bond acceptors (Lipinski definition) is 6. The van der Waals surface area contributed by atoms with Crippen LogP contribution < -0.4 is 14.4 Å². The number of anilines is 2. The van der Waals surface area contributed by atoms with E-state index < -0.39 is 15.9 Å². The van der Waals surface area contributed by atoms with Crippen LogP contribution in [0.1, 0.15) is 38.3 Å². The highest BCUT2D eigenvalue weighted by Crippen LogP contribution is 2.36. The third-order valence-corrected chi connectivity index (χ3v) is 8.74. The predicted molar refractivity (Wildman–Crippen MR) is 129 cm³/mol. The van der Waals surface area contributed by atoms with Crippen molar-refractivity contribution in [3.05, 3.63) is 69.6 Å². The zero-order valence-corrected chi connectivity index (χ0v) is 20.1. The van der Waals surface area contributed by atoms with Gasteiger partial charge >= 0.3 is 0 Å². The molecule has 0 spiro atoms. The maximum absolute atomic E-state index is 13.7. The lowest BCUT2D eigenvalue weighted by molar-refractivity contribution is 0.102. The molecule has 33 heavy (non-hydrogen) atoms. The average molecular weight is 482 g/mol. The number of hydrogen-bond donors (Lipinski definition) is 1. The van der Waals surface area contributed by atoms with Gasteiger partial charge in [-0.3, -0.25) is 9.10 Å². The quantitative estimate of drug-likeness (QED) is 0.572. The number of nitriles is 1. The third-order valence-electron chi connectivity index (χ3n) is 5.79. The number of aryl methyl sites for hydroxylation is 2. The second kappa shape index (κ2) is 8.89. The second-order valence-electron chi connectivity index (χ2n) is 7.73. The van der Waals surface area contributed by atoms with E-state index in [1.807, 2.05) is 32.0 Å². The number of nitrogens with zero attached hydrogens (tertiary/aromatic N) is 2. The van der Waals surface area contributed by atoms with Gasteiger partial charge in [0.25, 0.3) is 15.9 Å². The standard InChI is InChI=1S/C24H23N3O4S2/c1-15-16(2)32-24(19(15)14-25)26-23(28)18-10-11-21(31-3)22(13-18)33(29,30)27-12-6-8-17-7-4-5-9-20(17)27/h4-5,7,9-11,13H,6,8,12H2,1-3H3,(H,26,28). The Balaban J connectivity index is 1.73. The summed E-state index contributed by atoms with van der Waals surface area (Å²) in [6, 6.07) is 13.9. The van der Waals surface area contributed by atoms with Crippen molar-refractivity contribution in [3.63, 3.8) is 0 Å². The van der Waals surface area contributed by atoms with Crippen LogP contribution in [0.3, 0.4) is 0 Å². The molecule has 1 aliphatic rings. The molecule has 2 aromatic carbocycles. The van der Waals surface area contributed by atoms with Crippen molar-refractivity contribution in [2.75, 3.05) is 23.3 Å². The van der Waals surface area contributed by atoms with Crippen molar-refractivity contribution in [1.82, 2.24) is 0 Å². The minimum Gasteiger partial charge on any atom is -0.495 e. The van der Waals surface area contributed by atoms with Gasteiger partial charge in [-0.05, 0) is 62.1 Å². The highest BCUT2D eigenvalue weighted by Gasteiger charge is 2.32. The maximum atomic E-state index is 13.7. The van der Waals surface area contributed by atoms with Gasteiger partial charge in [0.05, 0.1) is 18.4 Å². The van der Waals surface area contributed by atoms with E-state index in [0.717, 1.165) is 22.4 Å². The normalized spacial score (nSPS) is 13.2. The average Bonchev–Trinajstić information content (AvgIpc) is 3.09. The molecule has 4 rings (SSSR count). The van der Waals surface area contributed by atoms with Crippen molar-refractivity contribution >= 4 is 38.0 Å². The van der Waals surface area contributed by atoms with Crippen LogP contribution in [0.15, 0.2) is 47.4 Å². The van der Waals surface area contributed by atoms with Crippen molar-refractivity contribution in [2.45, 2.75) is 31.6 Å². The minimum absolute atomic E-state index is 0.0756. The van der Waals surface area contributed by atoms with Crippen molar-refractivity contribution in [1.29, 1.82) is 5.26 Å². The molecule has 0 bridgehead atoms. The first-order valence-corrected chi connectivity index (χ1v) is 12.6. The highest BCUT2D eigenvalue weighted by atomic mass is 32.2. The van der Waals surface area contributed by atoms with Gasteiger partial charge in [0.15, 0.2) is 0 Å². The van der Waals surface area contributed by atoms with Gasteiger partial charge in [0, 0.05) is 17.0 Å². The van der Waals surface area contributed by atoms with Crippen molar-refractivity contribution in [2.24, 2.45) is 0 Å². The fraction of sp³-hybridized carbons (Fsp3) is 0.250. The first-order valence-electron chi connectivity index (χ1n) is 10.4. The molecule has 0 fully saturated rings. The van der Waals surface area contributed by atoms with Crippen LogP contribution in [0.4, 0.5) is 10.7 Å². The molecule has 1 aliphatic heterocycles. The molecule has 0 radical (unpaired) electrons. The van der Waals surface area contributed by atoms with E-state index in [-0.39, 0.29) is 16.2 Å². The Morgan fingerprint density at radius 1 is 1.21 bits per heavy atom. The van der Waals surface area contributed by atoms with Gasteiger partial charge in [0.2, 0.25) is 0 Å². The molecule has 170 valence electrons. The lowest BCUT2D eigenvalue weighted by Crippen LogP contribution is -2.35. The van der Waals surface area contributed by atoms with Crippen LogP contribution in [0, 0.1) is 25.2 Å². The SMILES string of the molecule is COc1ccc(C(=O)Nc2sc(C)c(C)c2C#N)cc1S(=O)(=O)N1CCCc2ccccc21. The summed E-state index contributed by atoms with van der Waals surface area (Å²) < 4.78 is 34.1. The van der Waals surface area contributed by atoms with E-state index in [9.17, 15) is 18.5 Å². The summed E-state index contributed by atoms with van der Waals surface area (Å²) in [7, 11) is -2.59. The van der Waals surface area contributed by atoms with E-state index in [4.69, 9.17) is 4.74 Å². The molecule has 0 atom stereocenters. The summed E-state index contributed by atoms with van der Waals surface area (Å²) in [4.78, 5) is 13.9. The number of carbonyl (C=O) groups is 1. The lowest BCUT2D eigenvalue weighted by atomic mass is 10.0. The summed E-state index contributed by atoms with van der Waals surface area (Å²) in [5.41, 5.74) is 3.00. The minimum atomic E-state index is -3.98. The van der Waals surface area contributed by atoms with Gasteiger partial charge < -0.3 is 10.1 Å². The number of amides is 1. The highest BCUT2D eigenvalue weighted by molar-refractivity contribution is 7.93. The monoisotopic (exact) mass is 481 g/mol. The second-order valence-corrected chi connectivity index (χ2v) is 10.8. The molecule has 1 aromatic heterocycles. The van der Waals surface area contributed by atoms with E-state index in [1.165, 1.54) is 41.0 Å². The number of ether oxygens (including phenoxy) is 1. The Morgan fingerprint density at radius 3 is 2.70 bits per heavy atom. The summed E-state index contributed by atoms with van der Waals surface area (Å²) >= 11 is 1.32. The zero-order chi connectivity index (χ0) is 23.8. The van der Waals surface area contributed by atoms with Crippen LogP contribution in [0.2, 0.25) is 0 Å². The Kier molecular flexibility index (Phi) is 6.15. The number of rotatable bonds is 5.